The van der Waals surface area contributed by atoms with E-state index in [1.165, 1.54) is 6.07 Å². The average Bonchev–Trinajstić information content (AvgIpc) is 2.49. The van der Waals surface area contributed by atoms with Gasteiger partial charge in [-0.15, -0.1) is 0 Å². The molecule has 0 radical (unpaired) electrons. The molecule has 0 saturated carbocycles. The molecule has 0 bridgehead atoms. The van der Waals surface area contributed by atoms with Crippen molar-refractivity contribution in [1.29, 1.82) is 0 Å². The fourth-order valence-electron chi connectivity index (χ4n) is 2.30. The van der Waals surface area contributed by atoms with Gasteiger partial charge in [0.15, 0.2) is 5.78 Å². The number of halogens is 2. The Hall–Kier alpha value is -2.55. The third-order valence-corrected chi connectivity index (χ3v) is 3.44. The van der Waals surface area contributed by atoms with E-state index in [2.05, 4.69) is 0 Å². The van der Waals surface area contributed by atoms with Gasteiger partial charge >= 0.3 is 0 Å². The highest BCUT2D eigenvalue weighted by Crippen LogP contribution is 2.18. The number of benzene rings is 3. The van der Waals surface area contributed by atoms with Gasteiger partial charge in [0.2, 0.25) is 0 Å². The molecule has 21 heavy (non-hydrogen) atoms. The second kappa shape index (κ2) is 5.44. The Balaban J connectivity index is 1.89. The van der Waals surface area contributed by atoms with Crippen molar-refractivity contribution >= 4 is 16.6 Å². The number of hydrogen-bond donors (Lipinski definition) is 0. The van der Waals surface area contributed by atoms with Crippen molar-refractivity contribution in [3.05, 3.63) is 83.4 Å². The van der Waals surface area contributed by atoms with E-state index in [9.17, 15) is 13.6 Å². The van der Waals surface area contributed by atoms with Crippen LogP contribution in [0.1, 0.15) is 15.9 Å². The Morgan fingerprint density at radius 1 is 0.857 bits per heavy atom. The van der Waals surface area contributed by atoms with Crippen molar-refractivity contribution in [2.75, 3.05) is 0 Å². The number of ketones is 1. The molecule has 0 saturated heterocycles. The van der Waals surface area contributed by atoms with E-state index in [-0.39, 0.29) is 17.8 Å². The second-order valence-corrected chi connectivity index (χ2v) is 4.90. The van der Waals surface area contributed by atoms with Crippen LogP contribution in [-0.2, 0) is 6.42 Å². The molecule has 0 amide bonds. The van der Waals surface area contributed by atoms with Crippen molar-refractivity contribution < 1.29 is 13.6 Å². The average molecular weight is 282 g/mol. The van der Waals surface area contributed by atoms with Crippen LogP contribution in [0.4, 0.5) is 8.78 Å². The Bertz CT molecular complexity index is 824. The fraction of sp³-hybridized carbons (Fsp3) is 0.0556. The number of hydrogen-bond acceptors (Lipinski definition) is 1. The molecule has 0 unspecified atom stereocenters. The normalized spacial score (nSPS) is 10.8. The first-order chi connectivity index (χ1) is 10.1. The van der Waals surface area contributed by atoms with Crippen LogP contribution in [0.3, 0.4) is 0 Å². The van der Waals surface area contributed by atoms with Crippen molar-refractivity contribution in [2.45, 2.75) is 6.42 Å². The summed E-state index contributed by atoms with van der Waals surface area (Å²) in [5.74, 6) is -1.52. The molecule has 0 heterocycles. The van der Waals surface area contributed by atoms with E-state index in [0.717, 1.165) is 22.9 Å². The lowest BCUT2D eigenvalue weighted by Gasteiger charge is -2.05. The van der Waals surface area contributed by atoms with E-state index in [1.807, 2.05) is 30.3 Å². The fourth-order valence-corrected chi connectivity index (χ4v) is 2.30. The first-order valence-electron chi connectivity index (χ1n) is 6.59. The largest absolute Gasteiger partial charge is 0.294 e. The quantitative estimate of drug-likeness (QED) is 0.644. The summed E-state index contributed by atoms with van der Waals surface area (Å²) in [4.78, 5) is 12.2. The lowest BCUT2D eigenvalue weighted by molar-refractivity contribution is 0.0992. The van der Waals surface area contributed by atoms with Crippen LogP contribution < -0.4 is 0 Å². The summed E-state index contributed by atoms with van der Waals surface area (Å²) in [7, 11) is 0. The van der Waals surface area contributed by atoms with E-state index in [1.54, 1.807) is 12.1 Å². The summed E-state index contributed by atoms with van der Waals surface area (Å²) in [5.41, 5.74) is 0.729. The van der Waals surface area contributed by atoms with Crippen molar-refractivity contribution in [3.63, 3.8) is 0 Å². The standard InChI is InChI=1S/C18H12F2O/c19-16-8-7-14(17(20)11-16)10-18(21)15-6-5-12-3-1-2-4-13(12)9-15/h1-9,11H,10H2. The van der Waals surface area contributed by atoms with Crippen LogP contribution in [0.15, 0.2) is 60.7 Å². The van der Waals surface area contributed by atoms with Crippen LogP contribution in [0, 0.1) is 11.6 Å². The summed E-state index contributed by atoms with van der Waals surface area (Å²) < 4.78 is 26.4. The van der Waals surface area contributed by atoms with Gasteiger partial charge in [0.25, 0.3) is 0 Å². The minimum absolute atomic E-state index is 0.0789. The van der Waals surface area contributed by atoms with Gasteiger partial charge in [-0.25, -0.2) is 8.78 Å². The van der Waals surface area contributed by atoms with Gasteiger partial charge in [0.1, 0.15) is 11.6 Å². The Labute approximate surface area is 120 Å². The second-order valence-electron chi connectivity index (χ2n) is 4.90. The van der Waals surface area contributed by atoms with E-state index < -0.39 is 11.6 Å². The molecule has 0 aliphatic rings. The maximum atomic E-state index is 13.6. The minimum atomic E-state index is -0.691. The molecular formula is C18H12F2O. The van der Waals surface area contributed by atoms with E-state index in [0.29, 0.717) is 5.56 Å². The van der Waals surface area contributed by atoms with Gasteiger partial charge in [0.05, 0.1) is 0 Å². The number of carbonyl (C=O) groups excluding carboxylic acids is 1. The molecule has 0 fully saturated rings. The zero-order valence-electron chi connectivity index (χ0n) is 11.1. The van der Waals surface area contributed by atoms with Gasteiger partial charge in [-0.3, -0.25) is 4.79 Å². The third kappa shape index (κ3) is 2.82. The Kier molecular flexibility index (Phi) is 3.48. The van der Waals surface area contributed by atoms with Crippen LogP contribution in [0.5, 0.6) is 0 Å². The van der Waals surface area contributed by atoms with Gasteiger partial charge < -0.3 is 0 Å². The highest BCUT2D eigenvalue weighted by Gasteiger charge is 2.11. The van der Waals surface area contributed by atoms with Crippen molar-refractivity contribution in [1.82, 2.24) is 0 Å². The van der Waals surface area contributed by atoms with Crippen LogP contribution >= 0.6 is 0 Å². The van der Waals surface area contributed by atoms with Crippen LogP contribution in [0.25, 0.3) is 10.8 Å². The molecule has 3 rings (SSSR count). The molecule has 3 aromatic rings. The number of rotatable bonds is 3. The van der Waals surface area contributed by atoms with Gasteiger partial charge in [-0.1, -0.05) is 42.5 Å². The summed E-state index contributed by atoms with van der Waals surface area (Å²) in [5, 5.41) is 2.00. The number of carbonyl (C=O) groups is 1. The molecular weight excluding hydrogens is 270 g/mol. The molecule has 3 heteroatoms. The van der Waals surface area contributed by atoms with E-state index in [4.69, 9.17) is 0 Å². The SMILES string of the molecule is O=C(Cc1ccc(F)cc1F)c1ccc2ccccc2c1. The maximum Gasteiger partial charge on any atom is 0.167 e. The third-order valence-electron chi connectivity index (χ3n) is 3.44. The zero-order chi connectivity index (χ0) is 14.8. The van der Waals surface area contributed by atoms with Crippen molar-refractivity contribution in [3.8, 4) is 0 Å². The van der Waals surface area contributed by atoms with Crippen LogP contribution in [0.2, 0.25) is 0 Å². The molecule has 0 spiro atoms. The highest BCUT2D eigenvalue weighted by atomic mass is 19.1. The predicted molar refractivity (Wildman–Crippen MR) is 78.3 cm³/mol. The van der Waals surface area contributed by atoms with E-state index >= 15 is 0 Å². The van der Waals surface area contributed by atoms with Gasteiger partial charge in [0, 0.05) is 18.1 Å². The van der Waals surface area contributed by atoms with Gasteiger partial charge in [-0.2, -0.15) is 0 Å². The minimum Gasteiger partial charge on any atom is -0.294 e. The molecule has 1 nitrogen and oxygen atoms in total. The number of fused-ring (bicyclic) bond motifs is 1. The lowest BCUT2D eigenvalue weighted by Crippen LogP contribution is -2.05. The summed E-state index contributed by atoms with van der Waals surface area (Å²) in [6.45, 7) is 0. The summed E-state index contributed by atoms with van der Waals surface area (Å²) >= 11 is 0. The molecule has 3 aromatic carbocycles. The smallest absolute Gasteiger partial charge is 0.167 e. The molecule has 0 aliphatic heterocycles. The Morgan fingerprint density at radius 3 is 2.38 bits per heavy atom. The predicted octanol–water partition coefficient (Wildman–Crippen LogP) is 4.54. The van der Waals surface area contributed by atoms with Crippen LogP contribution in [-0.4, -0.2) is 5.78 Å². The highest BCUT2D eigenvalue weighted by molar-refractivity contribution is 6.01. The lowest BCUT2D eigenvalue weighted by atomic mass is 10.00. The molecule has 0 aliphatic carbocycles. The topological polar surface area (TPSA) is 17.1 Å². The molecule has 0 N–H and O–H groups in total. The summed E-state index contributed by atoms with van der Waals surface area (Å²) in [6.07, 6.45) is -0.0789. The Morgan fingerprint density at radius 2 is 1.62 bits per heavy atom. The van der Waals surface area contributed by atoms with Gasteiger partial charge in [-0.05, 0) is 28.5 Å². The first-order valence-corrected chi connectivity index (χ1v) is 6.59. The first kappa shape index (κ1) is 13.4. The molecule has 0 aromatic heterocycles. The molecule has 104 valence electrons. The zero-order valence-corrected chi connectivity index (χ0v) is 11.1. The van der Waals surface area contributed by atoms with Crippen molar-refractivity contribution in [2.24, 2.45) is 0 Å². The maximum absolute atomic E-state index is 13.6. The number of Topliss-reactive ketones (excluding diaryl/α,β-unsaturated/α-hetero) is 1. The molecule has 0 atom stereocenters. The summed E-state index contributed by atoms with van der Waals surface area (Å²) in [6, 6.07) is 16.4. The monoisotopic (exact) mass is 282 g/mol.